The number of rotatable bonds is 8. The van der Waals surface area contributed by atoms with E-state index in [1.807, 2.05) is 53.1 Å². The molecule has 5 nitrogen and oxygen atoms in total. The number of para-hydroxylation sites is 1. The van der Waals surface area contributed by atoms with E-state index in [1.165, 1.54) is 0 Å². The lowest BCUT2D eigenvalue weighted by Crippen LogP contribution is -2.25. The van der Waals surface area contributed by atoms with Crippen LogP contribution in [0.25, 0.3) is 10.9 Å². The van der Waals surface area contributed by atoms with Crippen molar-refractivity contribution in [1.29, 1.82) is 0 Å². The Hall–Kier alpha value is -2.79. The van der Waals surface area contributed by atoms with Crippen LogP contribution in [-0.4, -0.2) is 28.8 Å². The van der Waals surface area contributed by atoms with Gasteiger partial charge in [0.1, 0.15) is 11.4 Å². The smallest absolute Gasteiger partial charge is 0.352 e. The minimum absolute atomic E-state index is 0.329. The van der Waals surface area contributed by atoms with Gasteiger partial charge in [-0.2, -0.15) is 0 Å². The number of aromatic carboxylic acids is 1. The van der Waals surface area contributed by atoms with Crippen LogP contribution in [0.5, 0.6) is 5.75 Å². The third-order valence-corrected chi connectivity index (χ3v) is 5.02. The lowest BCUT2D eigenvalue weighted by molar-refractivity contribution is 0.0684. The van der Waals surface area contributed by atoms with Crippen molar-refractivity contribution in [2.75, 3.05) is 7.11 Å². The van der Waals surface area contributed by atoms with Gasteiger partial charge in [-0.25, -0.2) is 4.79 Å². The fourth-order valence-corrected chi connectivity index (χ4v) is 3.30. The summed E-state index contributed by atoms with van der Waals surface area (Å²) in [5.41, 5.74) is 3.15. The first-order chi connectivity index (χ1) is 13.0. The normalized spacial score (nSPS) is 12.3. The van der Waals surface area contributed by atoms with E-state index in [9.17, 15) is 9.90 Å². The van der Waals surface area contributed by atoms with E-state index in [2.05, 4.69) is 19.2 Å². The Morgan fingerprint density at radius 1 is 1.19 bits per heavy atom. The molecular weight excluding hydrogens is 340 g/mol. The van der Waals surface area contributed by atoms with Crippen LogP contribution in [-0.2, 0) is 13.1 Å². The van der Waals surface area contributed by atoms with Crippen molar-refractivity contribution in [2.24, 2.45) is 0 Å². The number of hydrogen-bond acceptors (Lipinski definition) is 3. The van der Waals surface area contributed by atoms with Gasteiger partial charge in [0.05, 0.1) is 7.11 Å². The molecule has 0 radical (unpaired) electrons. The number of carboxylic acid groups (broad SMARTS) is 1. The maximum absolute atomic E-state index is 12.1. The van der Waals surface area contributed by atoms with Crippen molar-refractivity contribution in [2.45, 2.75) is 39.4 Å². The van der Waals surface area contributed by atoms with E-state index in [0.717, 1.165) is 34.2 Å². The number of nitrogens with one attached hydrogen (secondary N) is 1. The second kappa shape index (κ2) is 8.27. The molecule has 0 aliphatic carbocycles. The van der Waals surface area contributed by atoms with Crippen molar-refractivity contribution in [3.05, 3.63) is 65.4 Å². The molecule has 2 aromatic carbocycles. The van der Waals surface area contributed by atoms with E-state index in [4.69, 9.17) is 4.74 Å². The topological polar surface area (TPSA) is 63.5 Å². The van der Waals surface area contributed by atoms with Gasteiger partial charge in [-0.05, 0) is 37.1 Å². The highest BCUT2D eigenvalue weighted by atomic mass is 16.5. The number of carboxylic acids is 1. The van der Waals surface area contributed by atoms with E-state index >= 15 is 0 Å². The summed E-state index contributed by atoms with van der Waals surface area (Å²) >= 11 is 0. The largest absolute Gasteiger partial charge is 0.497 e. The van der Waals surface area contributed by atoms with Gasteiger partial charge in [0.25, 0.3) is 0 Å². The van der Waals surface area contributed by atoms with Gasteiger partial charge < -0.3 is 19.7 Å². The summed E-state index contributed by atoms with van der Waals surface area (Å²) in [6.07, 6.45) is 0.993. The second-order valence-corrected chi connectivity index (χ2v) is 6.77. The Morgan fingerprint density at radius 2 is 1.89 bits per heavy atom. The molecule has 0 spiro atoms. The van der Waals surface area contributed by atoms with Crippen LogP contribution in [0.15, 0.2) is 48.5 Å². The lowest BCUT2D eigenvalue weighted by Gasteiger charge is -2.12. The van der Waals surface area contributed by atoms with Crippen LogP contribution in [0.2, 0.25) is 0 Å². The number of fused-ring (bicyclic) bond motifs is 1. The second-order valence-electron chi connectivity index (χ2n) is 6.77. The van der Waals surface area contributed by atoms with Gasteiger partial charge in [-0.3, -0.25) is 0 Å². The monoisotopic (exact) mass is 366 g/mol. The standard InChI is InChI=1S/C22H26N2O3/c1-4-15(2)23-13-19-18-7-5-6-8-20(18)24(21(19)22(25)26)14-16-9-11-17(27-3)12-10-16/h5-12,15,23H,4,13-14H2,1-3H3,(H,25,26)/t15-/m1/s1. The van der Waals surface area contributed by atoms with E-state index in [0.29, 0.717) is 24.8 Å². The first-order valence-electron chi connectivity index (χ1n) is 9.24. The van der Waals surface area contributed by atoms with Crippen molar-refractivity contribution in [3.63, 3.8) is 0 Å². The predicted molar refractivity (Wildman–Crippen MR) is 108 cm³/mol. The molecule has 3 rings (SSSR count). The van der Waals surface area contributed by atoms with Gasteiger partial charge in [0, 0.05) is 35.6 Å². The van der Waals surface area contributed by atoms with Crippen LogP contribution in [0.3, 0.4) is 0 Å². The fraction of sp³-hybridized carbons (Fsp3) is 0.318. The highest BCUT2D eigenvalue weighted by Crippen LogP contribution is 2.28. The van der Waals surface area contributed by atoms with Crippen molar-refractivity contribution in [3.8, 4) is 5.75 Å². The minimum atomic E-state index is -0.902. The molecule has 0 saturated carbocycles. The SMILES string of the molecule is CC[C@@H](C)NCc1c(C(=O)O)n(Cc2ccc(OC)cc2)c2ccccc12. The van der Waals surface area contributed by atoms with Gasteiger partial charge in [0.15, 0.2) is 0 Å². The highest BCUT2D eigenvalue weighted by Gasteiger charge is 2.22. The molecule has 142 valence electrons. The summed E-state index contributed by atoms with van der Waals surface area (Å²) in [6, 6.07) is 15.9. The Labute approximate surface area is 159 Å². The fourth-order valence-electron chi connectivity index (χ4n) is 3.30. The summed E-state index contributed by atoms with van der Waals surface area (Å²) in [5.74, 6) is -0.117. The number of methoxy groups -OCH3 is 1. The van der Waals surface area contributed by atoms with Gasteiger partial charge in [-0.1, -0.05) is 37.3 Å². The number of benzene rings is 2. The molecule has 27 heavy (non-hydrogen) atoms. The van der Waals surface area contributed by atoms with E-state index < -0.39 is 5.97 Å². The Morgan fingerprint density at radius 3 is 2.52 bits per heavy atom. The van der Waals surface area contributed by atoms with Crippen LogP contribution < -0.4 is 10.1 Å². The average Bonchev–Trinajstić information content (AvgIpc) is 3.00. The van der Waals surface area contributed by atoms with E-state index in [1.54, 1.807) is 7.11 Å². The van der Waals surface area contributed by atoms with Gasteiger partial charge in [0.2, 0.25) is 0 Å². The molecule has 0 fully saturated rings. The molecule has 5 heteroatoms. The van der Waals surface area contributed by atoms with Crippen LogP contribution in [0.4, 0.5) is 0 Å². The molecule has 2 N–H and O–H groups in total. The first kappa shape index (κ1) is 19.0. The van der Waals surface area contributed by atoms with Crippen LogP contribution in [0.1, 0.15) is 41.9 Å². The predicted octanol–water partition coefficient (Wildman–Crippen LogP) is 4.28. The Kier molecular flexibility index (Phi) is 5.81. The van der Waals surface area contributed by atoms with Crippen LogP contribution >= 0.6 is 0 Å². The third-order valence-electron chi connectivity index (χ3n) is 5.02. The number of aromatic nitrogens is 1. The summed E-state index contributed by atoms with van der Waals surface area (Å²) < 4.78 is 7.11. The van der Waals surface area contributed by atoms with Crippen molar-refractivity contribution >= 4 is 16.9 Å². The zero-order chi connectivity index (χ0) is 19.4. The molecule has 3 aromatic rings. The molecule has 0 amide bonds. The molecule has 1 aromatic heterocycles. The zero-order valence-electron chi connectivity index (χ0n) is 16.0. The molecule has 0 saturated heterocycles. The molecule has 1 atom stereocenters. The lowest BCUT2D eigenvalue weighted by atomic mass is 10.1. The quantitative estimate of drug-likeness (QED) is 0.624. The number of carbonyl (C=O) groups is 1. The molecule has 1 heterocycles. The zero-order valence-corrected chi connectivity index (χ0v) is 16.0. The highest BCUT2D eigenvalue weighted by molar-refractivity contribution is 5.98. The maximum atomic E-state index is 12.1. The maximum Gasteiger partial charge on any atom is 0.352 e. The molecule has 0 aliphatic heterocycles. The molecular formula is C22H26N2O3. The summed E-state index contributed by atoms with van der Waals surface area (Å²) in [6.45, 7) is 5.25. The average molecular weight is 366 g/mol. The van der Waals surface area contributed by atoms with Crippen molar-refractivity contribution < 1.29 is 14.6 Å². The Bertz CT molecular complexity index is 929. The molecule has 0 bridgehead atoms. The van der Waals surface area contributed by atoms with Crippen molar-refractivity contribution in [1.82, 2.24) is 9.88 Å². The summed E-state index contributed by atoms with van der Waals surface area (Å²) in [4.78, 5) is 12.1. The number of nitrogens with zero attached hydrogens (tertiary/aromatic N) is 1. The van der Waals surface area contributed by atoms with Gasteiger partial charge in [-0.15, -0.1) is 0 Å². The minimum Gasteiger partial charge on any atom is -0.497 e. The van der Waals surface area contributed by atoms with Crippen LogP contribution in [0, 0.1) is 0 Å². The van der Waals surface area contributed by atoms with E-state index in [-0.39, 0.29) is 0 Å². The van der Waals surface area contributed by atoms with Gasteiger partial charge >= 0.3 is 5.97 Å². The molecule has 0 unspecified atom stereocenters. The first-order valence-corrected chi connectivity index (χ1v) is 9.24. The molecule has 0 aliphatic rings. The third kappa shape index (κ3) is 3.98. The Balaban J connectivity index is 2.07. The number of hydrogen-bond donors (Lipinski definition) is 2. The summed E-state index contributed by atoms with van der Waals surface area (Å²) in [7, 11) is 1.63. The summed E-state index contributed by atoms with van der Waals surface area (Å²) in [5, 5.41) is 14.4. The number of ether oxygens (including phenoxy) is 1.